The van der Waals surface area contributed by atoms with Crippen molar-refractivity contribution in [2.45, 2.75) is 0 Å². The van der Waals surface area contributed by atoms with Crippen molar-refractivity contribution in [1.29, 1.82) is 0 Å². The van der Waals surface area contributed by atoms with Crippen LogP contribution in [-0.2, 0) is 4.79 Å². The predicted molar refractivity (Wildman–Crippen MR) is 74.2 cm³/mol. The Balaban J connectivity index is 1.98. The highest BCUT2D eigenvalue weighted by molar-refractivity contribution is 6.03. The second kappa shape index (κ2) is 5.36. The lowest BCUT2D eigenvalue weighted by atomic mass is 10.1. The number of hydrogen-bond donors (Lipinski definition) is 0. The molecule has 5 heteroatoms. The summed E-state index contributed by atoms with van der Waals surface area (Å²) in [5.74, 6) is -0.469. The molecule has 5 nitrogen and oxygen atoms in total. The zero-order valence-electron chi connectivity index (χ0n) is 10.5. The highest BCUT2D eigenvalue weighted by Gasteiger charge is 2.22. The maximum atomic E-state index is 11.7. The van der Waals surface area contributed by atoms with E-state index in [1.165, 1.54) is 0 Å². The van der Waals surface area contributed by atoms with E-state index in [2.05, 4.69) is 20.5 Å². The molecule has 0 saturated heterocycles. The van der Waals surface area contributed by atoms with Gasteiger partial charge in [0.2, 0.25) is 0 Å². The molecule has 0 N–H and O–H groups in total. The smallest absolute Gasteiger partial charge is 0.263 e. The first-order valence-corrected chi connectivity index (χ1v) is 6.07. The van der Waals surface area contributed by atoms with Crippen LogP contribution in [0.25, 0.3) is 5.70 Å². The van der Waals surface area contributed by atoms with E-state index in [0.717, 1.165) is 5.56 Å². The average molecular weight is 262 g/mol. The lowest BCUT2D eigenvalue weighted by Crippen LogP contribution is -1.92. The Morgan fingerprint density at radius 3 is 2.10 bits per heavy atom. The predicted octanol–water partition coefficient (Wildman–Crippen LogP) is 4.13. The first kappa shape index (κ1) is 12.1. The molecule has 1 aliphatic rings. The van der Waals surface area contributed by atoms with Crippen molar-refractivity contribution in [3.63, 3.8) is 0 Å². The van der Waals surface area contributed by atoms with Crippen molar-refractivity contribution in [1.82, 2.24) is 0 Å². The van der Waals surface area contributed by atoms with Gasteiger partial charge >= 0.3 is 5.91 Å². The van der Waals surface area contributed by atoms with Crippen LogP contribution < -0.4 is 0 Å². The summed E-state index contributed by atoms with van der Waals surface area (Å²) in [5, 5.41) is 15.5. The molecule has 2 aromatic rings. The summed E-state index contributed by atoms with van der Waals surface area (Å²) < 4.78 is 0. The summed E-state index contributed by atoms with van der Waals surface area (Å²) in [6, 6.07) is 18.5. The van der Waals surface area contributed by atoms with E-state index >= 15 is 0 Å². The minimum absolute atomic E-state index is 0.167. The number of azo groups is 2. The quantitative estimate of drug-likeness (QED) is 0.767. The van der Waals surface area contributed by atoms with Crippen LogP contribution in [-0.4, -0.2) is 5.91 Å². The Kier molecular flexibility index (Phi) is 3.24. The van der Waals surface area contributed by atoms with E-state index < -0.39 is 5.91 Å². The Hall–Kier alpha value is -2.95. The van der Waals surface area contributed by atoms with Crippen LogP contribution in [0, 0.1) is 0 Å². The highest BCUT2D eigenvalue weighted by atomic mass is 16.2. The third-order valence-corrected chi connectivity index (χ3v) is 2.74. The Morgan fingerprint density at radius 1 is 0.750 bits per heavy atom. The zero-order chi connectivity index (χ0) is 13.8. The molecule has 20 heavy (non-hydrogen) atoms. The van der Waals surface area contributed by atoms with Gasteiger partial charge in [0, 0.05) is 5.56 Å². The number of nitrogens with zero attached hydrogens (tertiary/aromatic N) is 4. The van der Waals surface area contributed by atoms with Crippen LogP contribution in [0.4, 0.5) is 5.69 Å². The lowest BCUT2D eigenvalue weighted by molar-refractivity contribution is -0.114. The van der Waals surface area contributed by atoms with Crippen molar-refractivity contribution >= 4 is 17.3 Å². The molecule has 2 aromatic carbocycles. The van der Waals surface area contributed by atoms with E-state index in [1.54, 1.807) is 12.1 Å². The van der Waals surface area contributed by atoms with Crippen LogP contribution >= 0.6 is 0 Å². The Morgan fingerprint density at radius 2 is 1.40 bits per heavy atom. The maximum absolute atomic E-state index is 11.7. The lowest BCUT2D eigenvalue weighted by Gasteiger charge is -1.97. The van der Waals surface area contributed by atoms with Crippen LogP contribution in [0.5, 0.6) is 0 Å². The van der Waals surface area contributed by atoms with Crippen LogP contribution in [0.15, 0.2) is 86.8 Å². The van der Waals surface area contributed by atoms with Crippen LogP contribution in [0.3, 0.4) is 0 Å². The molecular weight excluding hydrogens is 252 g/mol. The second-order valence-electron chi connectivity index (χ2n) is 4.10. The molecule has 0 saturated carbocycles. The summed E-state index contributed by atoms with van der Waals surface area (Å²) in [5.41, 5.74) is 2.09. The van der Waals surface area contributed by atoms with Crippen molar-refractivity contribution in [3.05, 3.63) is 71.9 Å². The van der Waals surface area contributed by atoms with Gasteiger partial charge in [0.1, 0.15) is 5.70 Å². The SMILES string of the molecule is O=C1N=NC(c2ccccc2)=C1N=Nc1ccccc1. The maximum Gasteiger partial charge on any atom is 0.318 e. The molecule has 0 bridgehead atoms. The van der Waals surface area contributed by atoms with Crippen molar-refractivity contribution < 1.29 is 4.79 Å². The second-order valence-corrected chi connectivity index (χ2v) is 4.10. The normalized spacial score (nSPS) is 14.5. The van der Waals surface area contributed by atoms with Gasteiger partial charge in [-0.3, -0.25) is 4.79 Å². The number of rotatable bonds is 3. The molecule has 0 fully saturated rings. The standard InChI is InChI=1S/C15H10N4O/c20-15-14(18-16-12-9-5-2-6-10-12)13(17-19-15)11-7-3-1-4-8-11/h1-10H. The molecule has 0 unspecified atom stereocenters. The van der Waals surface area contributed by atoms with Crippen LogP contribution in [0.1, 0.15) is 5.56 Å². The van der Waals surface area contributed by atoms with Gasteiger partial charge in [-0.05, 0) is 12.1 Å². The molecule has 96 valence electrons. The largest absolute Gasteiger partial charge is 0.318 e. The summed E-state index contributed by atoms with van der Waals surface area (Å²) in [6.45, 7) is 0. The average Bonchev–Trinajstić information content (AvgIpc) is 2.88. The van der Waals surface area contributed by atoms with Crippen molar-refractivity contribution in [2.75, 3.05) is 0 Å². The van der Waals surface area contributed by atoms with Gasteiger partial charge in [-0.1, -0.05) is 48.5 Å². The molecule has 1 amide bonds. The van der Waals surface area contributed by atoms with Crippen LogP contribution in [0.2, 0.25) is 0 Å². The summed E-state index contributed by atoms with van der Waals surface area (Å²) in [7, 11) is 0. The number of carbonyl (C=O) groups is 1. The minimum atomic E-state index is -0.469. The van der Waals surface area contributed by atoms with Gasteiger partial charge in [0.05, 0.1) is 5.69 Å². The molecule has 0 atom stereocenters. The van der Waals surface area contributed by atoms with Crippen molar-refractivity contribution in [3.8, 4) is 0 Å². The number of amides is 1. The van der Waals surface area contributed by atoms with Gasteiger partial charge < -0.3 is 0 Å². The number of carbonyl (C=O) groups excluding carboxylic acids is 1. The fourth-order valence-corrected chi connectivity index (χ4v) is 1.77. The molecule has 0 radical (unpaired) electrons. The van der Waals surface area contributed by atoms with E-state index in [-0.39, 0.29) is 5.70 Å². The summed E-state index contributed by atoms with van der Waals surface area (Å²) in [6.07, 6.45) is 0. The zero-order valence-corrected chi connectivity index (χ0v) is 10.5. The monoisotopic (exact) mass is 262 g/mol. The van der Waals surface area contributed by atoms with E-state index in [9.17, 15) is 4.79 Å². The molecule has 3 rings (SSSR count). The van der Waals surface area contributed by atoms with E-state index in [1.807, 2.05) is 48.5 Å². The first-order valence-electron chi connectivity index (χ1n) is 6.07. The Labute approximate surface area is 115 Å². The topological polar surface area (TPSA) is 66.5 Å². The fraction of sp³-hybridized carbons (Fsp3) is 0. The molecule has 0 aliphatic carbocycles. The minimum Gasteiger partial charge on any atom is -0.263 e. The highest BCUT2D eigenvalue weighted by Crippen LogP contribution is 2.28. The van der Waals surface area contributed by atoms with Crippen molar-refractivity contribution in [2.24, 2.45) is 20.5 Å². The molecule has 0 spiro atoms. The van der Waals surface area contributed by atoms with E-state index in [4.69, 9.17) is 0 Å². The van der Waals surface area contributed by atoms with Gasteiger partial charge in [-0.15, -0.1) is 15.3 Å². The molecule has 0 aromatic heterocycles. The van der Waals surface area contributed by atoms with Gasteiger partial charge in [0.15, 0.2) is 5.70 Å². The molecular formula is C15H10N4O. The third-order valence-electron chi connectivity index (χ3n) is 2.74. The molecule has 1 heterocycles. The first-order chi connectivity index (χ1) is 9.84. The van der Waals surface area contributed by atoms with Gasteiger partial charge in [-0.25, -0.2) is 0 Å². The number of benzene rings is 2. The summed E-state index contributed by atoms with van der Waals surface area (Å²) >= 11 is 0. The fourth-order valence-electron chi connectivity index (χ4n) is 1.77. The summed E-state index contributed by atoms with van der Waals surface area (Å²) in [4.78, 5) is 11.7. The van der Waals surface area contributed by atoms with Gasteiger partial charge in [-0.2, -0.15) is 5.11 Å². The Bertz CT molecular complexity index is 718. The van der Waals surface area contributed by atoms with E-state index in [0.29, 0.717) is 11.4 Å². The van der Waals surface area contributed by atoms with Gasteiger partial charge in [0.25, 0.3) is 0 Å². The third kappa shape index (κ3) is 2.42. The number of hydrogen-bond acceptors (Lipinski definition) is 4. The molecule has 1 aliphatic heterocycles.